The molecule has 0 amide bonds. The van der Waals surface area contributed by atoms with Gasteiger partial charge in [0.1, 0.15) is 0 Å². The van der Waals surface area contributed by atoms with Gasteiger partial charge in [0.05, 0.1) is 0 Å². The van der Waals surface area contributed by atoms with Gasteiger partial charge in [0.25, 0.3) is 0 Å². The molecule has 0 rings (SSSR count). The molecule has 0 spiro atoms. The summed E-state index contributed by atoms with van der Waals surface area (Å²) < 4.78 is 0. The van der Waals surface area contributed by atoms with Gasteiger partial charge in [0.2, 0.25) is 0 Å². The van der Waals surface area contributed by atoms with Crippen molar-refractivity contribution in [2.45, 2.75) is 45.4 Å². The van der Waals surface area contributed by atoms with E-state index in [1.165, 1.54) is 45.1 Å². The van der Waals surface area contributed by atoms with Gasteiger partial charge in [-0.3, -0.25) is 0 Å². The van der Waals surface area contributed by atoms with E-state index in [0.29, 0.717) is 0 Å². The van der Waals surface area contributed by atoms with Crippen LogP contribution in [-0.4, -0.2) is 25.5 Å². The van der Waals surface area contributed by atoms with E-state index in [0.717, 1.165) is 0 Å². The predicted molar refractivity (Wildman–Crippen MR) is 51.9 cm³/mol. The molecule has 1 nitrogen and oxygen atoms in total. The smallest absolute Gasteiger partial charge is 0.00248 e. The maximum atomic E-state index is 2.26. The molecule has 0 aromatic heterocycles. The summed E-state index contributed by atoms with van der Waals surface area (Å²) in [7, 11) is 4.29. The van der Waals surface area contributed by atoms with Crippen LogP contribution in [0.2, 0.25) is 0 Å². The highest BCUT2D eigenvalue weighted by Crippen LogP contribution is 2.04. The van der Waals surface area contributed by atoms with Gasteiger partial charge in [-0.2, -0.15) is 0 Å². The Morgan fingerprint density at radius 1 is 0.714 bits per heavy atom. The lowest BCUT2D eigenvalue weighted by molar-refractivity contribution is -0.00100. The van der Waals surface area contributed by atoms with Crippen LogP contribution in [0, 0.1) is 0 Å². The summed E-state index contributed by atoms with van der Waals surface area (Å²) in [6.45, 7) is 3.52. The largest absolute Gasteiger partial charge is 1.00 e. The summed E-state index contributed by atoms with van der Waals surface area (Å²) >= 11 is 0. The molecule has 0 aliphatic carbocycles. The zero-order valence-corrected chi connectivity index (χ0v) is 14.3. The zero-order chi connectivity index (χ0) is 8.53. The van der Waals surface area contributed by atoms with Crippen LogP contribution in [0.4, 0.5) is 0 Å². The molecule has 0 aliphatic rings. The molecular weight excluding hydrogens is 374 g/mol. The fraction of sp³-hybridized carbons (Fsp3) is 1.00. The van der Waals surface area contributed by atoms with Crippen molar-refractivity contribution in [3.8, 4) is 0 Å². The fourth-order valence-electron chi connectivity index (χ4n) is 1.21. The van der Waals surface area contributed by atoms with Crippen molar-refractivity contribution in [1.29, 1.82) is 0 Å². The minimum absolute atomic E-state index is 0. The zero-order valence-electron chi connectivity index (χ0n) is 9.53. The highest BCUT2D eigenvalue weighted by Gasteiger charge is 1.90. The minimum atomic E-state index is 0. The van der Waals surface area contributed by atoms with Crippen LogP contribution in [0.5, 0.6) is 0 Å². The van der Waals surface area contributed by atoms with Crippen molar-refractivity contribution in [3.05, 3.63) is 0 Å². The molecule has 0 heterocycles. The van der Waals surface area contributed by atoms with E-state index in [1.807, 2.05) is 0 Å². The number of unbranched alkanes of at least 4 members (excludes halogenated alkanes) is 5. The number of nitrogens with zero attached hydrogens (tertiary/aromatic N) is 1. The summed E-state index contributed by atoms with van der Waals surface area (Å²) in [4.78, 5) is 2.26. The maximum absolute atomic E-state index is 2.26. The quantitative estimate of drug-likeness (QED) is 0.387. The number of halogens is 3. The molecule has 0 aromatic rings. The van der Waals surface area contributed by atoms with Crippen molar-refractivity contribution in [3.63, 3.8) is 0 Å². The molecule has 0 aliphatic heterocycles. The van der Waals surface area contributed by atoms with Gasteiger partial charge in [-0.25, -0.2) is 0 Å². The second-order valence-electron chi connectivity index (χ2n) is 3.57. The van der Waals surface area contributed by atoms with Gasteiger partial charge >= 0.3 is 0 Å². The van der Waals surface area contributed by atoms with Crippen molar-refractivity contribution in [2.75, 3.05) is 20.6 Å². The Hall–Kier alpha value is 1.40. The Bertz CT molecular complexity index is 79.8. The molecule has 0 N–H and O–H groups in total. The van der Waals surface area contributed by atoms with Crippen LogP contribution in [0.3, 0.4) is 0 Å². The second-order valence-corrected chi connectivity index (χ2v) is 3.57. The molecule has 0 bridgehead atoms. The third kappa shape index (κ3) is 23.3. The lowest BCUT2D eigenvalue weighted by Crippen LogP contribution is -3.00. The third-order valence-electron chi connectivity index (χ3n) is 1.96. The van der Waals surface area contributed by atoms with Crippen LogP contribution in [0.25, 0.3) is 0 Å². The molecule has 92 valence electrons. The van der Waals surface area contributed by atoms with Crippen LogP contribution < -0.4 is 50.9 Å². The first-order chi connectivity index (χ1) is 5.27. The van der Waals surface area contributed by atoms with Crippen molar-refractivity contribution in [2.24, 2.45) is 0 Å². The molecule has 0 atom stereocenters. The molecule has 0 saturated heterocycles. The van der Waals surface area contributed by atoms with Gasteiger partial charge < -0.3 is 55.8 Å². The van der Waals surface area contributed by atoms with E-state index in [1.54, 1.807) is 0 Å². The first-order valence-electron chi connectivity index (χ1n) is 4.92. The first kappa shape index (κ1) is 24.6. The molecule has 14 heavy (non-hydrogen) atoms. The van der Waals surface area contributed by atoms with Gasteiger partial charge in [-0.15, -0.1) is 0 Å². The topological polar surface area (TPSA) is 3.24 Å². The highest BCUT2D eigenvalue weighted by molar-refractivity contribution is 4.46. The van der Waals surface area contributed by atoms with Crippen LogP contribution >= 0.6 is 0 Å². The predicted octanol–water partition coefficient (Wildman–Crippen LogP) is -6.08. The molecule has 0 aromatic carbocycles. The maximum Gasteiger partial charge on any atom is -0.00248 e. The van der Waals surface area contributed by atoms with Crippen LogP contribution in [0.1, 0.15) is 45.4 Å². The van der Waals surface area contributed by atoms with Crippen molar-refractivity contribution in [1.82, 2.24) is 4.90 Å². The summed E-state index contributed by atoms with van der Waals surface area (Å²) in [6, 6.07) is 0. The van der Waals surface area contributed by atoms with Gasteiger partial charge in [-0.1, -0.05) is 39.0 Å². The third-order valence-corrected chi connectivity index (χ3v) is 1.96. The van der Waals surface area contributed by atoms with Crippen LogP contribution in [-0.2, 0) is 0 Å². The molecule has 0 saturated carbocycles. The van der Waals surface area contributed by atoms with E-state index < -0.39 is 0 Å². The summed E-state index contributed by atoms with van der Waals surface area (Å²) in [5.74, 6) is 0. The van der Waals surface area contributed by atoms with Gasteiger partial charge in [0, 0.05) is 0 Å². The summed E-state index contributed by atoms with van der Waals surface area (Å²) in [5, 5.41) is 0. The molecule has 0 fully saturated rings. The molecule has 0 radical (unpaired) electrons. The lowest BCUT2D eigenvalue weighted by Gasteiger charge is -2.08. The summed E-state index contributed by atoms with van der Waals surface area (Å²) in [6.07, 6.45) is 8.43. The second kappa shape index (κ2) is 19.9. The highest BCUT2D eigenvalue weighted by atomic mass is 79.9. The van der Waals surface area contributed by atoms with Crippen molar-refractivity contribution >= 4 is 0 Å². The average molecular weight is 397 g/mol. The monoisotopic (exact) mass is 394 g/mol. The van der Waals surface area contributed by atoms with Gasteiger partial charge in [0.15, 0.2) is 0 Å². The number of hydrogen-bond donors (Lipinski definition) is 0. The van der Waals surface area contributed by atoms with Gasteiger partial charge in [-0.05, 0) is 27.1 Å². The van der Waals surface area contributed by atoms with E-state index in [9.17, 15) is 0 Å². The molecular formula is C10H23Br3N-3. The number of rotatable bonds is 7. The fourth-order valence-corrected chi connectivity index (χ4v) is 1.21. The summed E-state index contributed by atoms with van der Waals surface area (Å²) in [5.41, 5.74) is 0. The number of hydrogen-bond acceptors (Lipinski definition) is 1. The van der Waals surface area contributed by atoms with E-state index in [-0.39, 0.29) is 50.9 Å². The Morgan fingerprint density at radius 2 is 1.14 bits per heavy atom. The minimum Gasteiger partial charge on any atom is -1.00 e. The standard InChI is InChI=1S/C10H23N.3BrH/c1-4-5-6-7-8-9-10-11(2)3;;;/h4-10H2,1-3H3;3*1H/p-3. The molecule has 4 heteroatoms. The van der Waals surface area contributed by atoms with E-state index >= 15 is 0 Å². The Balaban J connectivity index is -0.000000167. The molecule has 0 unspecified atom stereocenters. The Kier molecular flexibility index (Phi) is 34.9. The Morgan fingerprint density at radius 3 is 1.57 bits per heavy atom. The lowest BCUT2D eigenvalue weighted by atomic mass is 10.1. The van der Waals surface area contributed by atoms with Crippen LogP contribution in [0.15, 0.2) is 0 Å². The van der Waals surface area contributed by atoms with E-state index in [2.05, 4.69) is 25.9 Å². The normalized spacial score (nSPS) is 8.57. The first-order valence-corrected chi connectivity index (χ1v) is 4.92. The Labute approximate surface area is 121 Å². The van der Waals surface area contributed by atoms with Crippen molar-refractivity contribution < 1.29 is 50.9 Å². The average Bonchev–Trinajstić information content (AvgIpc) is 1.96. The van der Waals surface area contributed by atoms with E-state index in [4.69, 9.17) is 0 Å². The SMILES string of the molecule is CCCCCCCCN(C)C.[Br-].[Br-].[Br-].